The topological polar surface area (TPSA) is 108 Å². The minimum Gasteiger partial charge on any atom is -0.394 e. The molecule has 1 aromatic heterocycles. The van der Waals surface area contributed by atoms with Crippen LogP contribution >= 0.6 is 0 Å². The maximum Gasteiger partial charge on any atom is 0.243 e. The van der Waals surface area contributed by atoms with E-state index in [1.165, 1.54) is 5.69 Å². The van der Waals surface area contributed by atoms with Gasteiger partial charge in [0, 0.05) is 42.7 Å². The number of aliphatic hydroxyl groups is 2. The van der Waals surface area contributed by atoms with Crippen LogP contribution in [0.1, 0.15) is 106 Å². The third kappa shape index (κ3) is 6.27. The van der Waals surface area contributed by atoms with Crippen LogP contribution < -0.4 is 5.32 Å². The lowest BCUT2D eigenvalue weighted by molar-refractivity contribution is -0.143. The molecule has 4 atom stereocenters. The van der Waals surface area contributed by atoms with Crippen LogP contribution in [0, 0.1) is 17.3 Å². The van der Waals surface area contributed by atoms with Gasteiger partial charge in [-0.05, 0) is 62.8 Å². The molecule has 8 heteroatoms. The minimum atomic E-state index is -0.696. The van der Waals surface area contributed by atoms with Crippen LogP contribution in [0.4, 0.5) is 0 Å². The Morgan fingerprint density at radius 1 is 1.08 bits per heavy atom. The van der Waals surface area contributed by atoms with Crippen molar-refractivity contribution < 1.29 is 19.8 Å². The van der Waals surface area contributed by atoms with Crippen molar-refractivity contribution in [3.63, 3.8) is 0 Å². The number of rotatable bonds is 8. The summed E-state index contributed by atoms with van der Waals surface area (Å²) in [6.45, 7) is 16.9. The smallest absolute Gasteiger partial charge is 0.243 e. The zero-order valence-electron chi connectivity index (χ0n) is 25.2. The third-order valence-corrected chi connectivity index (χ3v) is 9.36. The first-order valence-corrected chi connectivity index (χ1v) is 15.1. The van der Waals surface area contributed by atoms with Crippen molar-refractivity contribution in [2.75, 3.05) is 13.2 Å². The monoisotopic (exact) mass is 534 g/mol. The summed E-state index contributed by atoms with van der Waals surface area (Å²) in [7, 11) is 0. The summed E-state index contributed by atoms with van der Waals surface area (Å²) in [6, 6.07) is 1.13. The number of carbonyl (C=O) groups excluding carboxylic acids is 2. The van der Waals surface area contributed by atoms with Crippen molar-refractivity contribution in [3.8, 4) is 0 Å². The Kier molecular flexibility index (Phi) is 11.8. The lowest BCUT2D eigenvalue weighted by atomic mass is 9.50. The molecule has 3 saturated carbocycles. The third-order valence-electron chi connectivity index (χ3n) is 9.36. The standard InChI is InChI=1S/C26H42N4O4.2C2H6/c1-5-30-22(6-13-27-30)26-10-7-25(8-11-26,9-12-26)21(16-31)28-23(33)20-14-19(32)15-29(20)24(34)18(4)17(2)3;2*1-2/h6,13,17-21,31-32H,5,7-12,14-16H2,1-4H3,(H,28,33);2*1-2H3. The Hall–Kier alpha value is -1.93. The van der Waals surface area contributed by atoms with Crippen molar-refractivity contribution in [2.24, 2.45) is 17.3 Å². The lowest BCUT2D eigenvalue weighted by Crippen LogP contribution is -2.59. The Bertz CT molecular complexity index is 874. The molecule has 5 rings (SSSR count). The molecule has 0 radical (unpaired) electrons. The number of aliphatic hydroxyl groups excluding tert-OH is 2. The predicted molar refractivity (Wildman–Crippen MR) is 152 cm³/mol. The summed E-state index contributed by atoms with van der Waals surface area (Å²) in [6.07, 6.45) is 7.40. The number of hydrogen-bond donors (Lipinski definition) is 3. The summed E-state index contributed by atoms with van der Waals surface area (Å²) in [5.74, 6) is -0.389. The Morgan fingerprint density at radius 3 is 2.16 bits per heavy atom. The van der Waals surface area contributed by atoms with E-state index >= 15 is 0 Å². The minimum absolute atomic E-state index is 0.0851. The van der Waals surface area contributed by atoms with E-state index in [2.05, 4.69) is 28.1 Å². The molecule has 1 aromatic rings. The molecule has 218 valence electrons. The zero-order chi connectivity index (χ0) is 28.7. The molecule has 1 saturated heterocycles. The highest BCUT2D eigenvalue weighted by Crippen LogP contribution is 2.59. The van der Waals surface area contributed by atoms with E-state index in [9.17, 15) is 19.8 Å². The number of aryl methyl sites for hydroxylation is 1. The van der Waals surface area contributed by atoms with Gasteiger partial charge in [0.05, 0.1) is 18.8 Å². The summed E-state index contributed by atoms with van der Waals surface area (Å²) < 4.78 is 2.11. The summed E-state index contributed by atoms with van der Waals surface area (Å²) in [5.41, 5.74) is 1.34. The molecular formula is C30H54N4O4. The zero-order valence-corrected chi connectivity index (χ0v) is 25.2. The molecule has 3 aliphatic carbocycles. The number of fused-ring (bicyclic) bond motifs is 3. The average molecular weight is 535 g/mol. The first-order valence-electron chi connectivity index (χ1n) is 15.1. The molecule has 4 unspecified atom stereocenters. The van der Waals surface area contributed by atoms with Crippen LogP contribution in [-0.4, -0.2) is 68.0 Å². The molecule has 2 amide bonds. The number of amides is 2. The second kappa shape index (κ2) is 13.9. The number of hydrogen-bond acceptors (Lipinski definition) is 5. The van der Waals surface area contributed by atoms with Gasteiger partial charge < -0.3 is 20.4 Å². The van der Waals surface area contributed by atoms with E-state index in [1.54, 1.807) is 4.90 Å². The van der Waals surface area contributed by atoms with Crippen LogP contribution in [0.25, 0.3) is 0 Å². The molecule has 4 fully saturated rings. The molecule has 2 bridgehead atoms. The van der Waals surface area contributed by atoms with Gasteiger partial charge in [0.1, 0.15) is 6.04 Å². The fourth-order valence-corrected chi connectivity index (χ4v) is 6.67. The van der Waals surface area contributed by atoms with Gasteiger partial charge in [-0.3, -0.25) is 14.3 Å². The molecular weight excluding hydrogens is 480 g/mol. The van der Waals surface area contributed by atoms with Gasteiger partial charge in [-0.2, -0.15) is 5.10 Å². The highest BCUT2D eigenvalue weighted by Gasteiger charge is 2.54. The number of aromatic nitrogens is 2. The first kappa shape index (κ1) is 32.3. The summed E-state index contributed by atoms with van der Waals surface area (Å²) >= 11 is 0. The number of likely N-dealkylation sites (tertiary alicyclic amines) is 1. The maximum atomic E-state index is 13.4. The maximum absolute atomic E-state index is 13.4. The number of β-amino-alcohol motifs (C(OH)–C–C–N with tert-alkyl or cyclic N) is 1. The fourth-order valence-electron chi connectivity index (χ4n) is 6.67. The van der Waals surface area contributed by atoms with Gasteiger partial charge in [-0.1, -0.05) is 48.5 Å². The van der Waals surface area contributed by atoms with Gasteiger partial charge in [-0.25, -0.2) is 0 Å². The average Bonchev–Trinajstić information content (AvgIpc) is 3.61. The van der Waals surface area contributed by atoms with Crippen molar-refractivity contribution in [2.45, 2.75) is 130 Å². The SMILES string of the molecule is CC.CC.CCn1nccc1C12CCC(C(CO)NC(=O)C3CC(O)CN3C(=O)C(C)C(C)C)(CC1)CC2. The summed E-state index contributed by atoms with van der Waals surface area (Å²) in [4.78, 5) is 27.9. The Labute approximate surface area is 230 Å². The van der Waals surface area contributed by atoms with Gasteiger partial charge >= 0.3 is 0 Å². The molecule has 8 nitrogen and oxygen atoms in total. The number of nitrogens with zero attached hydrogens (tertiary/aromatic N) is 3. The largest absolute Gasteiger partial charge is 0.394 e. The highest BCUT2D eigenvalue weighted by atomic mass is 16.3. The van der Waals surface area contributed by atoms with E-state index in [0.717, 1.165) is 45.1 Å². The van der Waals surface area contributed by atoms with Gasteiger partial charge in [0.2, 0.25) is 11.8 Å². The van der Waals surface area contributed by atoms with E-state index in [4.69, 9.17) is 0 Å². The van der Waals surface area contributed by atoms with Gasteiger partial charge in [0.25, 0.3) is 0 Å². The molecule has 38 heavy (non-hydrogen) atoms. The van der Waals surface area contributed by atoms with Crippen LogP contribution in [0.15, 0.2) is 12.3 Å². The Morgan fingerprint density at radius 2 is 1.66 bits per heavy atom. The lowest BCUT2D eigenvalue weighted by Gasteiger charge is -2.56. The second-order valence-electron chi connectivity index (χ2n) is 11.3. The molecule has 1 aliphatic heterocycles. The van der Waals surface area contributed by atoms with E-state index in [1.807, 2.05) is 54.7 Å². The quantitative estimate of drug-likeness (QED) is 0.461. The number of nitrogens with one attached hydrogen (secondary N) is 1. The fraction of sp³-hybridized carbons (Fsp3) is 0.833. The van der Waals surface area contributed by atoms with Gasteiger partial charge in [0.15, 0.2) is 0 Å². The van der Waals surface area contributed by atoms with E-state index < -0.39 is 12.1 Å². The highest BCUT2D eigenvalue weighted by molar-refractivity contribution is 5.89. The van der Waals surface area contributed by atoms with Crippen molar-refractivity contribution >= 4 is 11.8 Å². The second-order valence-corrected chi connectivity index (χ2v) is 11.3. The molecule has 4 aliphatic rings. The first-order chi connectivity index (χ1) is 18.2. The van der Waals surface area contributed by atoms with Gasteiger partial charge in [-0.15, -0.1) is 0 Å². The Balaban J connectivity index is 0.00000121. The van der Waals surface area contributed by atoms with Crippen molar-refractivity contribution in [1.29, 1.82) is 0 Å². The normalized spacial score (nSPS) is 29.6. The van der Waals surface area contributed by atoms with Crippen molar-refractivity contribution in [1.82, 2.24) is 20.0 Å². The van der Waals surface area contributed by atoms with E-state index in [0.29, 0.717) is 0 Å². The van der Waals surface area contributed by atoms with Crippen LogP contribution in [0.3, 0.4) is 0 Å². The molecule has 0 spiro atoms. The van der Waals surface area contributed by atoms with Crippen LogP contribution in [0.2, 0.25) is 0 Å². The van der Waals surface area contributed by atoms with Crippen molar-refractivity contribution in [3.05, 3.63) is 18.0 Å². The molecule has 3 N–H and O–H groups in total. The number of carbonyl (C=O) groups is 2. The molecule has 2 heterocycles. The molecule has 0 aromatic carbocycles. The predicted octanol–water partition coefficient (Wildman–Crippen LogP) is 4.28. The van der Waals surface area contributed by atoms with Crippen LogP contribution in [0.5, 0.6) is 0 Å². The van der Waals surface area contributed by atoms with E-state index in [-0.39, 0.29) is 60.1 Å². The van der Waals surface area contributed by atoms with Crippen LogP contribution in [-0.2, 0) is 21.5 Å². The summed E-state index contributed by atoms with van der Waals surface area (Å²) in [5, 5.41) is 28.2.